The molecule has 22 heavy (non-hydrogen) atoms. The van der Waals surface area contributed by atoms with Crippen LogP contribution >= 0.6 is 0 Å². The first-order chi connectivity index (χ1) is 10.5. The molecule has 122 valence electrons. The van der Waals surface area contributed by atoms with Crippen LogP contribution in [0.5, 0.6) is 11.5 Å². The van der Waals surface area contributed by atoms with Crippen molar-refractivity contribution in [1.29, 1.82) is 0 Å². The van der Waals surface area contributed by atoms with E-state index in [-0.39, 0.29) is 0 Å². The Balaban J connectivity index is 2.06. The van der Waals surface area contributed by atoms with Crippen molar-refractivity contribution in [2.45, 2.75) is 25.8 Å². The lowest BCUT2D eigenvalue weighted by Crippen LogP contribution is -2.49. The van der Waals surface area contributed by atoms with Crippen LogP contribution in [-0.2, 0) is 11.3 Å². The molecular formula is C17H26NO4+. The molecule has 0 aliphatic carbocycles. The number of benzene rings is 1. The molecule has 0 saturated carbocycles. The van der Waals surface area contributed by atoms with Gasteiger partial charge >= 0.3 is 5.97 Å². The van der Waals surface area contributed by atoms with Gasteiger partial charge in [-0.2, -0.15) is 0 Å². The molecule has 5 heteroatoms. The van der Waals surface area contributed by atoms with Crippen molar-refractivity contribution in [3.8, 4) is 11.5 Å². The molecule has 0 aromatic heterocycles. The van der Waals surface area contributed by atoms with E-state index in [4.69, 9.17) is 14.6 Å². The van der Waals surface area contributed by atoms with E-state index in [1.807, 2.05) is 12.1 Å². The molecular weight excluding hydrogens is 282 g/mol. The zero-order chi connectivity index (χ0) is 16.2. The molecule has 0 amide bonds. The lowest BCUT2D eigenvalue weighted by molar-refractivity contribution is -0.928. The van der Waals surface area contributed by atoms with Gasteiger partial charge in [0.2, 0.25) is 0 Å². The van der Waals surface area contributed by atoms with Crippen LogP contribution in [0.4, 0.5) is 0 Å². The summed E-state index contributed by atoms with van der Waals surface area (Å²) in [6.45, 7) is 2.87. The van der Waals surface area contributed by atoms with Crippen LogP contribution in [0.3, 0.4) is 0 Å². The summed E-state index contributed by atoms with van der Waals surface area (Å²) < 4.78 is 11.8. The smallest absolute Gasteiger partial charge is 0.303 e. The fraction of sp³-hybridized carbons (Fsp3) is 0.588. The number of carboxylic acids is 1. The Morgan fingerprint density at radius 2 is 1.95 bits per heavy atom. The molecule has 0 radical (unpaired) electrons. The summed E-state index contributed by atoms with van der Waals surface area (Å²) >= 11 is 0. The predicted octanol–water partition coefficient (Wildman–Crippen LogP) is 2.54. The van der Waals surface area contributed by atoms with E-state index in [1.165, 1.54) is 0 Å². The number of para-hydroxylation sites is 1. The van der Waals surface area contributed by atoms with Crippen molar-refractivity contribution in [3.63, 3.8) is 0 Å². The maximum atomic E-state index is 10.8. The highest BCUT2D eigenvalue weighted by atomic mass is 16.5. The van der Waals surface area contributed by atoms with Gasteiger partial charge in [-0.1, -0.05) is 6.07 Å². The second-order valence-corrected chi connectivity index (χ2v) is 6.42. The Hall–Kier alpha value is -1.75. The number of carboxylic acid groups (broad SMARTS) is 1. The number of nitrogens with zero attached hydrogens (tertiary/aromatic N) is 1. The summed E-state index contributed by atoms with van der Waals surface area (Å²) in [7, 11) is 5.55. The zero-order valence-corrected chi connectivity index (χ0v) is 13.7. The van der Waals surface area contributed by atoms with E-state index >= 15 is 0 Å². The van der Waals surface area contributed by atoms with E-state index < -0.39 is 5.97 Å². The standard InChI is InChI=1S/C17H25NO4/c1-18(9-7-13(8-10-18)11-16(19)20)12-14-5-4-6-15(21-2)17(14)22-3/h4-6,13H,7-12H2,1-3H3/p+1. The fourth-order valence-corrected chi connectivity index (χ4v) is 3.34. The first kappa shape index (κ1) is 16.6. The lowest BCUT2D eigenvalue weighted by Gasteiger charge is -2.40. The van der Waals surface area contributed by atoms with Crippen LogP contribution in [0.15, 0.2) is 18.2 Å². The number of aliphatic carboxylic acids is 1. The Kier molecular flexibility index (Phi) is 5.29. The highest BCUT2D eigenvalue weighted by Crippen LogP contribution is 2.34. The summed E-state index contributed by atoms with van der Waals surface area (Å²) in [5.74, 6) is 1.19. The van der Waals surface area contributed by atoms with Crippen LogP contribution in [0, 0.1) is 5.92 Å². The normalized spacial score (nSPS) is 24.8. The Morgan fingerprint density at radius 1 is 1.27 bits per heavy atom. The Morgan fingerprint density at radius 3 is 2.50 bits per heavy atom. The molecule has 1 aliphatic heterocycles. The van der Waals surface area contributed by atoms with Crippen molar-refractivity contribution in [2.24, 2.45) is 5.92 Å². The lowest BCUT2D eigenvalue weighted by atomic mass is 9.92. The molecule has 2 rings (SSSR count). The van der Waals surface area contributed by atoms with E-state index in [0.717, 1.165) is 54.0 Å². The zero-order valence-electron chi connectivity index (χ0n) is 13.7. The average molecular weight is 308 g/mol. The van der Waals surface area contributed by atoms with Crippen LogP contribution < -0.4 is 9.47 Å². The number of hydrogen-bond donors (Lipinski definition) is 1. The van der Waals surface area contributed by atoms with Crippen LogP contribution in [0.25, 0.3) is 0 Å². The van der Waals surface area contributed by atoms with Gasteiger partial charge in [-0.05, 0) is 18.1 Å². The molecule has 1 N–H and O–H groups in total. The van der Waals surface area contributed by atoms with Gasteiger partial charge in [0.1, 0.15) is 6.54 Å². The minimum Gasteiger partial charge on any atom is -0.493 e. The van der Waals surface area contributed by atoms with Crippen molar-refractivity contribution < 1.29 is 23.9 Å². The van der Waals surface area contributed by atoms with Crippen LogP contribution in [0.1, 0.15) is 24.8 Å². The van der Waals surface area contributed by atoms with Crippen LogP contribution in [0.2, 0.25) is 0 Å². The van der Waals surface area contributed by atoms with Gasteiger partial charge in [-0.15, -0.1) is 0 Å². The molecule has 1 aromatic rings. The Bertz CT molecular complexity index is 521. The monoisotopic (exact) mass is 308 g/mol. The van der Waals surface area contributed by atoms with Gasteiger partial charge < -0.3 is 19.1 Å². The number of hydrogen-bond acceptors (Lipinski definition) is 3. The van der Waals surface area contributed by atoms with Gasteiger partial charge in [-0.3, -0.25) is 4.79 Å². The van der Waals surface area contributed by atoms with Gasteiger partial charge in [-0.25, -0.2) is 0 Å². The van der Waals surface area contributed by atoms with Gasteiger partial charge in [0, 0.05) is 19.3 Å². The largest absolute Gasteiger partial charge is 0.493 e. The number of carbonyl (C=O) groups is 1. The summed E-state index contributed by atoms with van der Waals surface area (Å²) in [5.41, 5.74) is 1.14. The van der Waals surface area contributed by atoms with Gasteiger partial charge in [0.05, 0.1) is 39.9 Å². The summed E-state index contributed by atoms with van der Waals surface area (Å²) in [6.07, 6.45) is 2.23. The summed E-state index contributed by atoms with van der Waals surface area (Å²) in [4.78, 5) is 10.8. The fourth-order valence-electron chi connectivity index (χ4n) is 3.34. The van der Waals surface area contributed by atoms with E-state index in [0.29, 0.717) is 12.3 Å². The summed E-state index contributed by atoms with van der Waals surface area (Å²) in [5, 5.41) is 8.92. The molecule has 5 nitrogen and oxygen atoms in total. The molecule has 1 saturated heterocycles. The third kappa shape index (κ3) is 3.91. The Labute approximate surface area is 132 Å². The van der Waals surface area contributed by atoms with Gasteiger partial charge in [0.25, 0.3) is 0 Å². The van der Waals surface area contributed by atoms with Crippen molar-refractivity contribution >= 4 is 5.97 Å². The third-order valence-electron chi connectivity index (χ3n) is 4.65. The molecule has 1 fully saturated rings. The number of ether oxygens (including phenoxy) is 2. The number of methoxy groups -OCH3 is 2. The van der Waals surface area contributed by atoms with Crippen molar-refractivity contribution in [3.05, 3.63) is 23.8 Å². The van der Waals surface area contributed by atoms with E-state index in [1.54, 1.807) is 14.2 Å². The van der Waals surface area contributed by atoms with Crippen molar-refractivity contribution in [1.82, 2.24) is 0 Å². The average Bonchev–Trinajstić information content (AvgIpc) is 2.49. The van der Waals surface area contributed by atoms with Crippen LogP contribution in [-0.4, -0.2) is 49.9 Å². The third-order valence-corrected chi connectivity index (χ3v) is 4.65. The van der Waals surface area contributed by atoms with Gasteiger partial charge in [0.15, 0.2) is 11.5 Å². The molecule has 0 unspecified atom stereocenters. The number of rotatable bonds is 6. The second kappa shape index (κ2) is 7.01. The van der Waals surface area contributed by atoms with Crippen molar-refractivity contribution in [2.75, 3.05) is 34.4 Å². The molecule has 0 atom stereocenters. The highest BCUT2D eigenvalue weighted by Gasteiger charge is 2.32. The first-order valence-electron chi connectivity index (χ1n) is 7.72. The van der Waals surface area contributed by atoms with E-state index in [2.05, 4.69) is 13.1 Å². The SMILES string of the molecule is COc1cccc(C[N+]2(C)CCC(CC(=O)O)CC2)c1OC. The minimum absolute atomic E-state index is 0.294. The number of quaternary nitrogens is 1. The highest BCUT2D eigenvalue weighted by molar-refractivity contribution is 5.67. The molecule has 1 aromatic carbocycles. The maximum absolute atomic E-state index is 10.8. The predicted molar refractivity (Wildman–Crippen MR) is 84.1 cm³/mol. The molecule has 0 spiro atoms. The number of piperidine rings is 1. The first-order valence-corrected chi connectivity index (χ1v) is 7.72. The molecule has 1 heterocycles. The topological polar surface area (TPSA) is 55.8 Å². The number of likely N-dealkylation sites (tertiary alicyclic amines) is 1. The second-order valence-electron chi connectivity index (χ2n) is 6.42. The summed E-state index contributed by atoms with van der Waals surface area (Å²) in [6, 6.07) is 5.97. The quantitative estimate of drug-likeness (QED) is 0.821. The minimum atomic E-state index is -0.685. The van der Waals surface area contributed by atoms with E-state index in [9.17, 15) is 4.79 Å². The maximum Gasteiger partial charge on any atom is 0.303 e. The molecule has 1 aliphatic rings. The molecule has 0 bridgehead atoms.